The first kappa shape index (κ1) is 19.3. The minimum absolute atomic E-state index is 0.0168. The second-order valence-corrected chi connectivity index (χ2v) is 7.71. The fourth-order valence-corrected chi connectivity index (χ4v) is 4.17. The summed E-state index contributed by atoms with van der Waals surface area (Å²) in [6.07, 6.45) is 0.606. The lowest BCUT2D eigenvalue weighted by Crippen LogP contribution is -2.44. The van der Waals surface area contributed by atoms with Gasteiger partial charge in [0.2, 0.25) is 0 Å². The first-order valence-electron chi connectivity index (χ1n) is 7.34. The van der Waals surface area contributed by atoms with Crippen LogP contribution >= 0.6 is 0 Å². The quantitative estimate of drug-likeness (QED) is 0.497. The maximum absolute atomic E-state index is 12.1. The Morgan fingerprint density at radius 3 is 2.30 bits per heavy atom. The summed E-state index contributed by atoms with van der Waals surface area (Å²) in [4.78, 5) is 23.2. The Hall–Kier alpha value is -1.74. The van der Waals surface area contributed by atoms with E-state index in [2.05, 4.69) is 5.32 Å². The molecule has 0 radical (unpaired) electrons. The van der Waals surface area contributed by atoms with E-state index in [0.29, 0.717) is 25.6 Å². The second kappa shape index (κ2) is 9.41. The van der Waals surface area contributed by atoms with Crippen LogP contribution in [-0.4, -0.2) is 53.2 Å². The summed E-state index contributed by atoms with van der Waals surface area (Å²) >= 11 is 0. The molecule has 1 aromatic rings. The fourth-order valence-electron chi connectivity index (χ4n) is 2.17. The summed E-state index contributed by atoms with van der Waals surface area (Å²) in [5, 5.41) is 11.8. The predicted molar refractivity (Wildman–Crippen MR) is 86.6 cm³/mol. The number of carboxylic acids is 1. The molecule has 0 fully saturated rings. The van der Waals surface area contributed by atoms with Crippen molar-refractivity contribution >= 4 is 20.7 Å². The van der Waals surface area contributed by atoms with Crippen LogP contribution in [0.25, 0.3) is 0 Å². The molecule has 0 heterocycles. The molecule has 1 aromatic carbocycles. The first-order valence-corrected chi connectivity index (χ1v) is 9.27. The summed E-state index contributed by atoms with van der Waals surface area (Å²) in [7, 11) is 0.428. The van der Waals surface area contributed by atoms with E-state index in [9.17, 15) is 9.59 Å². The highest BCUT2D eigenvalue weighted by atomic mass is 28.4. The highest BCUT2D eigenvalue weighted by molar-refractivity contribution is 6.60. The molecule has 128 valence electrons. The van der Waals surface area contributed by atoms with Crippen LogP contribution in [0.1, 0.15) is 34.1 Å². The van der Waals surface area contributed by atoms with Crippen molar-refractivity contribution in [1.29, 1.82) is 0 Å². The SMILES string of the molecule is CCO[Si](CCCNC(=O)c1ccccc1C(=O)O)(OC)OC. The van der Waals surface area contributed by atoms with E-state index in [1.165, 1.54) is 12.1 Å². The zero-order valence-electron chi connectivity index (χ0n) is 13.6. The smallest absolute Gasteiger partial charge is 0.478 e. The number of amides is 1. The Morgan fingerprint density at radius 1 is 1.17 bits per heavy atom. The van der Waals surface area contributed by atoms with Crippen molar-refractivity contribution in [3.8, 4) is 0 Å². The first-order chi connectivity index (χ1) is 11.0. The molecular formula is C15H23NO6Si. The van der Waals surface area contributed by atoms with Crippen LogP contribution in [0.4, 0.5) is 0 Å². The van der Waals surface area contributed by atoms with Crippen molar-refractivity contribution in [3.63, 3.8) is 0 Å². The molecule has 0 saturated carbocycles. The topological polar surface area (TPSA) is 94.1 Å². The highest BCUT2D eigenvalue weighted by Crippen LogP contribution is 2.15. The Bertz CT molecular complexity index is 532. The molecule has 7 nitrogen and oxygen atoms in total. The van der Waals surface area contributed by atoms with Gasteiger partial charge in [-0.3, -0.25) is 4.79 Å². The largest absolute Gasteiger partial charge is 0.500 e. The number of hydrogen-bond donors (Lipinski definition) is 2. The van der Waals surface area contributed by atoms with Crippen LogP contribution in [0, 0.1) is 0 Å². The van der Waals surface area contributed by atoms with E-state index in [-0.39, 0.29) is 11.1 Å². The third-order valence-corrected chi connectivity index (χ3v) is 6.27. The Kier molecular flexibility index (Phi) is 7.90. The van der Waals surface area contributed by atoms with Crippen LogP contribution < -0.4 is 5.32 Å². The monoisotopic (exact) mass is 341 g/mol. The number of carbonyl (C=O) groups is 2. The molecule has 8 heteroatoms. The number of nitrogens with one attached hydrogen (secondary N) is 1. The summed E-state index contributed by atoms with van der Waals surface area (Å²) < 4.78 is 16.3. The Balaban J connectivity index is 2.56. The number of carboxylic acid groups (broad SMARTS) is 1. The Labute approximate surface area is 136 Å². The molecule has 0 bridgehead atoms. The minimum atomic E-state index is -2.67. The summed E-state index contributed by atoms with van der Waals surface area (Å²) in [6.45, 7) is 2.73. The van der Waals surface area contributed by atoms with Gasteiger partial charge in [-0.25, -0.2) is 4.79 Å². The lowest BCUT2D eigenvalue weighted by molar-refractivity contribution is 0.0691. The number of rotatable bonds is 10. The molecule has 0 unspecified atom stereocenters. The fraction of sp³-hybridized carbons (Fsp3) is 0.467. The molecule has 0 atom stereocenters. The van der Waals surface area contributed by atoms with Crippen LogP contribution in [-0.2, 0) is 13.3 Å². The maximum Gasteiger partial charge on any atom is 0.500 e. The van der Waals surface area contributed by atoms with E-state index in [0.717, 1.165) is 0 Å². The van der Waals surface area contributed by atoms with Gasteiger partial charge >= 0.3 is 14.8 Å². The van der Waals surface area contributed by atoms with Crippen LogP contribution in [0.2, 0.25) is 6.04 Å². The minimum Gasteiger partial charge on any atom is -0.478 e. The number of aromatic carboxylic acids is 1. The van der Waals surface area contributed by atoms with Gasteiger partial charge in [-0.15, -0.1) is 0 Å². The molecule has 0 aliphatic rings. The van der Waals surface area contributed by atoms with Crippen LogP contribution in [0.5, 0.6) is 0 Å². The molecule has 2 N–H and O–H groups in total. The average Bonchev–Trinajstić information content (AvgIpc) is 2.57. The molecule has 0 aliphatic carbocycles. The van der Waals surface area contributed by atoms with Crippen molar-refractivity contribution in [2.45, 2.75) is 19.4 Å². The van der Waals surface area contributed by atoms with Gasteiger partial charge in [0.1, 0.15) is 0 Å². The number of benzene rings is 1. The molecule has 0 spiro atoms. The number of hydrogen-bond acceptors (Lipinski definition) is 5. The predicted octanol–water partition coefficient (Wildman–Crippen LogP) is 1.77. The van der Waals surface area contributed by atoms with E-state index in [1.54, 1.807) is 26.4 Å². The Morgan fingerprint density at radius 2 is 1.78 bits per heavy atom. The highest BCUT2D eigenvalue weighted by Gasteiger charge is 2.37. The molecular weight excluding hydrogens is 318 g/mol. The van der Waals surface area contributed by atoms with E-state index in [4.69, 9.17) is 18.4 Å². The van der Waals surface area contributed by atoms with Gasteiger partial charge in [0.25, 0.3) is 5.91 Å². The van der Waals surface area contributed by atoms with Gasteiger partial charge in [-0.05, 0) is 25.5 Å². The summed E-state index contributed by atoms with van der Waals surface area (Å²) in [5.74, 6) is -1.54. The van der Waals surface area contributed by atoms with E-state index >= 15 is 0 Å². The normalized spacial score (nSPS) is 11.3. The molecule has 1 rings (SSSR count). The van der Waals surface area contributed by atoms with Gasteiger partial charge in [0, 0.05) is 33.4 Å². The molecule has 0 aromatic heterocycles. The van der Waals surface area contributed by atoms with E-state index in [1.807, 2.05) is 6.92 Å². The van der Waals surface area contributed by atoms with Gasteiger partial charge in [-0.1, -0.05) is 12.1 Å². The lowest BCUT2D eigenvalue weighted by Gasteiger charge is -2.25. The van der Waals surface area contributed by atoms with Gasteiger partial charge in [0.05, 0.1) is 11.1 Å². The van der Waals surface area contributed by atoms with Crippen molar-refractivity contribution in [3.05, 3.63) is 35.4 Å². The molecule has 1 amide bonds. The maximum atomic E-state index is 12.1. The molecule has 0 aliphatic heterocycles. The van der Waals surface area contributed by atoms with Crippen molar-refractivity contribution in [1.82, 2.24) is 5.32 Å². The second-order valence-electron chi connectivity index (χ2n) is 4.73. The zero-order valence-corrected chi connectivity index (χ0v) is 14.6. The van der Waals surface area contributed by atoms with Crippen LogP contribution in [0.3, 0.4) is 0 Å². The summed E-state index contributed by atoms with van der Waals surface area (Å²) in [6, 6.07) is 6.67. The van der Waals surface area contributed by atoms with E-state index < -0.39 is 20.7 Å². The third-order valence-electron chi connectivity index (χ3n) is 3.33. The standard InChI is InChI=1S/C15H23NO6Si/c1-4-22-23(20-2,21-3)11-7-10-16-14(17)12-8-5-6-9-13(12)15(18)19/h5-6,8-9H,4,7,10-11H2,1-3H3,(H,16,17)(H,18,19). The van der Waals surface area contributed by atoms with Crippen LogP contribution in [0.15, 0.2) is 24.3 Å². The van der Waals surface area contributed by atoms with Gasteiger partial charge < -0.3 is 23.7 Å². The number of carbonyl (C=O) groups excluding carboxylic acids is 1. The van der Waals surface area contributed by atoms with Crippen molar-refractivity contribution in [2.75, 3.05) is 27.4 Å². The molecule has 23 heavy (non-hydrogen) atoms. The van der Waals surface area contributed by atoms with Crippen molar-refractivity contribution < 1.29 is 28.0 Å². The molecule has 0 saturated heterocycles. The van der Waals surface area contributed by atoms with Gasteiger partial charge in [-0.2, -0.15) is 0 Å². The lowest BCUT2D eigenvalue weighted by atomic mass is 10.1. The average molecular weight is 341 g/mol. The van der Waals surface area contributed by atoms with Crippen molar-refractivity contribution in [2.24, 2.45) is 0 Å². The third kappa shape index (κ3) is 5.43. The zero-order chi connectivity index (χ0) is 17.3. The van der Waals surface area contributed by atoms with Gasteiger partial charge in [0.15, 0.2) is 0 Å². The summed E-state index contributed by atoms with van der Waals surface area (Å²) in [5.41, 5.74) is 0.128.